The Balaban J connectivity index is 1.32. The fourth-order valence-corrected chi connectivity index (χ4v) is 4.59. The first-order chi connectivity index (χ1) is 15.5. The molecule has 166 valence electrons. The maximum Gasteiger partial charge on any atom is 0.286 e. The maximum atomic E-state index is 12.9. The van der Waals surface area contributed by atoms with Gasteiger partial charge >= 0.3 is 0 Å². The molecule has 0 unspecified atom stereocenters. The third-order valence-electron chi connectivity index (χ3n) is 5.32. The van der Waals surface area contributed by atoms with Crippen molar-refractivity contribution in [1.82, 2.24) is 15.1 Å². The zero-order valence-electron chi connectivity index (χ0n) is 18.3. The molecule has 0 bridgehead atoms. The van der Waals surface area contributed by atoms with Crippen molar-refractivity contribution in [3.05, 3.63) is 70.2 Å². The van der Waals surface area contributed by atoms with E-state index < -0.39 is 0 Å². The Kier molecular flexibility index (Phi) is 6.80. The average Bonchev–Trinajstić information content (AvgIpc) is 3.28. The number of aromatic nitrogens is 2. The molecule has 3 aromatic rings. The second-order valence-corrected chi connectivity index (χ2v) is 9.31. The van der Waals surface area contributed by atoms with Gasteiger partial charge in [0.1, 0.15) is 5.01 Å². The van der Waals surface area contributed by atoms with Gasteiger partial charge in [-0.15, -0.1) is 10.2 Å². The van der Waals surface area contributed by atoms with Crippen LogP contribution in [0.25, 0.3) is 0 Å². The van der Waals surface area contributed by atoms with Gasteiger partial charge in [-0.25, -0.2) is 0 Å². The van der Waals surface area contributed by atoms with Crippen LogP contribution in [0.4, 0.5) is 11.4 Å². The number of carbonyl (C=O) groups is 2. The summed E-state index contributed by atoms with van der Waals surface area (Å²) in [6.07, 6.45) is 0.807. The summed E-state index contributed by atoms with van der Waals surface area (Å²) in [5.74, 6) is 0.192. The number of piperazine rings is 1. The van der Waals surface area contributed by atoms with Crippen LogP contribution < -0.4 is 10.2 Å². The third kappa shape index (κ3) is 5.31. The van der Waals surface area contributed by atoms with Crippen molar-refractivity contribution in [1.29, 1.82) is 0 Å². The zero-order valence-corrected chi connectivity index (χ0v) is 19.1. The summed E-state index contributed by atoms with van der Waals surface area (Å²) in [7, 11) is 0. The number of rotatable bonds is 6. The summed E-state index contributed by atoms with van der Waals surface area (Å²) >= 11 is 1.31. The zero-order chi connectivity index (χ0) is 22.5. The van der Waals surface area contributed by atoms with Crippen LogP contribution in [-0.4, -0.2) is 53.1 Å². The smallest absolute Gasteiger partial charge is 0.286 e. The Morgan fingerprint density at radius 1 is 0.969 bits per heavy atom. The van der Waals surface area contributed by atoms with Crippen molar-refractivity contribution < 1.29 is 9.59 Å². The maximum absolute atomic E-state index is 12.9. The Morgan fingerprint density at radius 2 is 1.66 bits per heavy atom. The number of amides is 2. The minimum Gasteiger partial charge on any atom is -0.368 e. The van der Waals surface area contributed by atoms with E-state index >= 15 is 0 Å². The van der Waals surface area contributed by atoms with Gasteiger partial charge in [0, 0.05) is 49.5 Å². The van der Waals surface area contributed by atoms with E-state index in [0.29, 0.717) is 35.3 Å². The van der Waals surface area contributed by atoms with Crippen LogP contribution >= 0.6 is 11.3 Å². The Morgan fingerprint density at radius 3 is 2.31 bits per heavy atom. The number of carbonyl (C=O) groups excluding carboxylic acids is 2. The molecule has 0 aliphatic carbocycles. The Bertz CT molecular complexity index is 1060. The highest BCUT2D eigenvalue weighted by Gasteiger charge is 2.22. The number of nitrogens with one attached hydrogen (secondary N) is 1. The number of para-hydroxylation sites is 1. The molecule has 7 nitrogen and oxygen atoms in total. The molecule has 1 fully saturated rings. The predicted molar refractivity (Wildman–Crippen MR) is 127 cm³/mol. The van der Waals surface area contributed by atoms with E-state index in [0.717, 1.165) is 24.5 Å². The van der Waals surface area contributed by atoms with Crippen LogP contribution in [-0.2, 0) is 6.42 Å². The van der Waals surface area contributed by atoms with E-state index in [9.17, 15) is 9.59 Å². The van der Waals surface area contributed by atoms with Crippen LogP contribution in [0, 0.1) is 5.92 Å². The molecule has 1 N–H and O–H groups in total. The van der Waals surface area contributed by atoms with Crippen molar-refractivity contribution in [2.45, 2.75) is 20.3 Å². The first kappa shape index (κ1) is 22.0. The SMILES string of the molecule is CC(C)Cc1nnc(C(=O)Nc2ccc(C(=O)N3CCN(c4ccccc4)CC3)cc2)s1. The van der Waals surface area contributed by atoms with Crippen molar-refractivity contribution in [2.75, 3.05) is 36.4 Å². The topological polar surface area (TPSA) is 78.4 Å². The number of benzene rings is 2. The van der Waals surface area contributed by atoms with Crippen LogP contribution in [0.5, 0.6) is 0 Å². The summed E-state index contributed by atoms with van der Waals surface area (Å²) in [5, 5.41) is 12.1. The highest BCUT2D eigenvalue weighted by Crippen LogP contribution is 2.19. The first-order valence-corrected chi connectivity index (χ1v) is 11.6. The highest BCUT2D eigenvalue weighted by molar-refractivity contribution is 7.13. The van der Waals surface area contributed by atoms with Crippen LogP contribution in [0.15, 0.2) is 54.6 Å². The fraction of sp³-hybridized carbons (Fsp3) is 0.333. The molecule has 2 amide bonds. The molecule has 1 saturated heterocycles. The van der Waals surface area contributed by atoms with E-state index in [1.165, 1.54) is 17.0 Å². The number of anilines is 2. The quantitative estimate of drug-likeness (QED) is 0.617. The summed E-state index contributed by atoms with van der Waals surface area (Å²) in [6, 6.07) is 17.3. The highest BCUT2D eigenvalue weighted by atomic mass is 32.1. The molecule has 1 aliphatic heterocycles. The molecule has 1 aliphatic rings. The number of hydrogen-bond donors (Lipinski definition) is 1. The number of nitrogens with zero attached hydrogens (tertiary/aromatic N) is 4. The van der Waals surface area contributed by atoms with E-state index in [1.807, 2.05) is 23.1 Å². The molecule has 0 spiro atoms. The van der Waals surface area contributed by atoms with Gasteiger partial charge < -0.3 is 15.1 Å². The van der Waals surface area contributed by atoms with Gasteiger partial charge in [-0.05, 0) is 42.3 Å². The third-order valence-corrected chi connectivity index (χ3v) is 6.27. The molecular formula is C24H27N5O2S. The lowest BCUT2D eigenvalue weighted by Gasteiger charge is -2.36. The standard InChI is InChI=1S/C24H27N5O2S/c1-17(2)16-21-26-27-23(32-21)22(30)25-19-10-8-18(9-11-19)24(31)29-14-12-28(13-15-29)20-6-4-3-5-7-20/h3-11,17H,12-16H2,1-2H3,(H,25,30). The van der Waals surface area contributed by atoms with Crippen molar-refractivity contribution in [3.8, 4) is 0 Å². The molecule has 0 radical (unpaired) electrons. The molecular weight excluding hydrogens is 422 g/mol. The van der Waals surface area contributed by atoms with Crippen LogP contribution in [0.3, 0.4) is 0 Å². The normalized spacial score (nSPS) is 14.0. The Labute approximate surface area is 192 Å². The van der Waals surface area contributed by atoms with Gasteiger partial charge in [-0.1, -0.05) is 43.4 Å². The second-order valence-electron chi connectivity index (χ2n) is 8.25. The predicted octanol–water partition coefficient (Wildman–Crippen LogP) is 3.95. The molecule has 2 heterocycles. The van der Waals surface area contributed by atoms with Crippen molar-refractivity contribution in [3.63, 3.8) is 0 Å². The summed E-state index contributed by atoms with van der Waals surface area (Å²) < 4.78 is 0. The summed E-state index contributed by atoms with van der Waals surface area (Å²) in [6.45, 7) is 7.19. The lowest BCUT2D eigenvalue weighted by atomic mass is 10.1. The van der Waals surface area contributed by atoms with Gasteiger partial charge in [-0.2, -0.15) is 0 Å². The van der Waals surface area contributed by atoms with Gasteiger partial charge in [0.2, 0.25) is 5.01 Å². The number of hydrogen-bond acceptors (Lipinski definition) is 6. The minimum atomic E-state index is -0.284. The van der Waals surface area contributed by atoms with E-state index in [1.54, 1.807) is 24.3 Å². The average molecular weight is 450 g/mol. The molecule has 32 heavy (non-hydrogen) atoms. The van der Waals surface area contributed by atoms with Gasteiger partial charge in [0.05, 0.1) is 0 Å². The summed E-state index contributed by atoms with van der Waals surface area (Å²) in [5.41, 5.74) is 2.43. The first-order valence-electron chi connectivity index (χ1n) is 10.8. The van der Waals surface area contributed by atoms with Crippen LogP contribution in [0.1, 0.15) is 39.0 Å². The minimum absolute atomic E-state index is 0.0121. The van der Waals surface area contributed by atoms with E-state index in [-0.39, 0.29) is 11.8 Å². The lowest BCUT2D eigenvalue weighted by molar-refractivity contribution is 0.0746. The van der Waals surface area contributed by atoms with E-state index in [2.05, 4.69) is 46.4 Å². The lowest BCUT2D eigenvalue weighted by Crippen LogP contribution is -2.48. The Hall–Kier alpha value is -3.26. The van der Waals surface area contributed by atoms with E-state index in [4.69, 9.17) is 0 Å². The van der Waals surface area contributed by atoms with Crippen LogP contribution in [0.2, 0.25) is 0 Å². The molecule has 0 saturated carbocycles. The molecule has 1 aromatic heterocycles. The largest absolute Gasteiger partial charge is 0.368 e. The summed E-state index contributed by atoms with van der Waals surface area (Å²) in [4.78, 5) is 29.5. The molecule has 2 aromatic carbocycles. The molecule has 8 heteroatoms. The van der Waals surface area contributed by atoms with Crippen molar-refractivity contribution >= 4 is 34.5 Å². The molecule has 0 atom stereocenters. The fourth-order valence-electron chi connectivity index (χ4n) is 3.65. The monoisotopic (exact) mass is 449 g/mol. The van der Waals surface area contributed by atoms with Gasteiger partial charge in [0.15, 0.2) is 0 Å². The molecule has 4 rings (SSSR count). The second kappa shape index (κ2) is 9.91. The van der Waals surface area contributed by atoms with Gasteiger partial charge in [-0.3, -0.25) is 9.59 Å². The van der Waals surface area contributed by atoms with Gasteiger partial charge in [0.25, 0.3) is 11.8 Å². The van der Waals surface area contributed by atoms with Crippen molar-refractivity contribution in [2.24, 2.45) is 5.92 Å².